The van der Waals surface area contributed by atoms with E-state index in [4.69, 9.17) is 10.1 Å². The predicted octanol–water partition coefficient (Wildman–Crippen LogP) is 4.22. The van der Waals surface area contributed by atoms with Crippen molar-refractivity contribution in [3.63, 3.8) is 0 Å². The topological polar surface area (TPSA) is 55.1 Å². The van der Waals surface area contributed by atoms with Crippen molar-refractivity contribution in [1.29, 1.82) is 0 Å². The molecule has 1 N–H and O–H groups in total. The van der Waals surface area contributed by atoms with Gasteiger partial charge in [-0.3, -0.25) is 0 Å². The van der Waals surface area contributed by atoms with E-state index in [-0.39, 0.29) is 0 Å². The number of carbonyl (C=O) groups is 1. The van der Waals surface area contributed by atoms with Gasteiger partial charge in [-0.1, -0.05) is 26.7 Å². The fourth-order valence-corrected chi connectivity index (χ4v) is 3.06. The van der Waals surface area contributed by atoms with Crippen LogP contribution in [0.1, 0.15) is 68.2 Å². The highest BCUT2D eigenvalue weighted by Crippen LogP contribution is 2.38. The van der Waals surface area contributed by atoms with Crippen LogP contribution in [0, 0.1) is 5.92 Å². The molecule has 4 nitrogen and oxygen atoms in total. The van der Waals surface area contributed by atoms with E-state index < -0.39 is 5.97 Å². The SMILES string of the molecule is CC(C)c1nc2cc(C(=O)O)ccc2n1C(C)CC1CC1. The van der Waals surface area contributed by atoms with Gasteiger partial charge >= 0.3 is 5.97 Å². The summed E-state index contributed by atoms with van der Waals surface area (Å²) in [6, 6.07) is 5.68. The van der Waals surface area contributed by atoms with E-state index in [2.05, 4.69) is 25.3 Å². The molecule has 1 aromatic carbocycles. The summed E-state index contributed by atoms with van der Waals surface area (Å²) in [7, 11) is 0. The second kappa shape index (κ2) is 5.17. The van der Waals surface area contributed by atoms with E-state index in [0.29, 0.717) is 17.5 Å². The third kappa shape index (κ3) is 2.67. The molecule has 1 aliphatic carbocycles. The molecule has 3 rings (SSSR count). The first-order valence-corrected chi connectivity index (χ1v) is 7.72. The van der Waals surface area contributed by atoms with Crippen molar-refractivity contribution in [3.8, 4) is 0 Å². The van der Waals surface area contributed by atoms with E-state index in [1.54, 1.807) is 12.1 Å². The summed E-state index contributed by atoms with van der Waals surface area (Å²) in [6.07, 6.45) is 3.88. The predicted molar refractivity (Wildman–Crippen MR) is 82.8 cm³/mol. The zero-order chi connectivity index (χ0) is 15.1. The molecule has 4 heteroatoms. The van der Waals surface area contributed by atoms with Crippen LogP contribution >= 0.6 is 0 Å². The Labute approximate surface area is 124 Å². The molecule has 0 amide bonds. The Balaban J connectivity index is 2.10. The average Bonchev–Trinajstić information content (AvgIpc) is 3.14. The van der Waals surface area contributed by atoms with Gasteiger partial charge in [0.25, 0.3) is 0 Å². The summed E-state index contributed by atoms with van der Waals surface area (Å²) in [4.78, 5) is 15.8. The highest BCUT2D eigenvalue weighted by Gasteiger charge is 2.27. The molecule has 112 valence electrons. The number of rotatable bonds is 5. The number of fused-ring (bicyclic) bond motifs is 1. The van der Waals surface area contributed by atoms with Crippen LogP contribution in [0.15, 0.2) is 18.2 Å². The van der Waals surface area contributed by atoms with E-state index in [0.717, 1.165) is 22.8 Å². The quantitative estimate of drug-likeness (QED) is 0.895. The molecule has 1 saturated carbocycles. The molecule has 21 heavy (non-hydrogen) atoms. The average molecular weight is 286 g/mol. The van der Waals surface area contributed by atoms with Crippen molar-refractivity contribution in [2.45, 2.75) is 52.0 Å². The van der Waals surface area contributed by atoms with Crippen molar-refractivity contribution < 1.29 is 9.90 Å². The highest BCUT2D eigenvalue weighted by molar-refractivity contribution is 5.92. The number of hydrogen-bond donors (Lipinski definition) is 1. The minimum Gasteiger partial charge on any atom is -0.478 e. The van der Waals surface area contributed by atoms with Gasteiger partial charge in [0, 0.05) is 12.0 Å². The molecule has 1 aliphatic rings. The van der Waals surface area contributed by atoms with E-state index in [1.165, 1.54) is 19.3 Å². The number of carboxylic acid groups (broad SMARTS) is 1. The summed E-state index contributed by atoms with van der Waals surface area (Å²) < 4.78 is 2.31. The number of hydrogen-bond acceptors (Lipinski definition) is 2. The number of imidazole rings is 1. The van der Waals surface area contributed by atoms with Crippen molar-refractivity contribution >= 4 is 17.0 Å². The number of benzene rings is 1. The van der Waals surface area contributed by atoms with Gasteiger partial charge in [0.15, 0.2) is 0 Å². The van der Waals surface area contributed by atoms with Gasteiger partial charge in [0.1, 0.15) is 5.82 Å². The standard InChI is InChI=1S/C17H22N2O2/c1-10(2)16-18-14-9-13(17(20)21)6-7-15(14)19(16)11(3)8-12-4-5-12/h6-7,9-12H,4-5,8H2,1-3H3,(H,20,21). The minimum absolute atomic E-state index is 0.303. The maximum absolute atomic E-state index is 11.1. The summed E-state index contributed by atoms with van der Waals surface area (Å²) in [6.45, 7) is 6.52. The van der Waals surface area contributed by atoms with Gasteiger partial charge < -0.3 is 9.67 Å². The Morgan fingerprint density at radius 2 is 2.10 bits per heavy atom. The maximum atomic E-state index is 11.1. The van der Waals surface area contributed by atoms with Gasteiger partial charge in [-0.2, -0.15) is 0 Å². The molecule has 1 aromatic heterocycles. The molecule has 0 aliphatic heterocycles. The third-order valence-corrected chi connectivity index (χ3v) is 4.29. The molecular formula is C17H22N2O2. The molecule has 0 radical (unpaired) electrons. The zero-order valence-electron chi connectivity index (χ0n) is 12.8. The largest absolute Gasteiger partial charge is 0.478 e. The van der Waals surface area contributed by atoms with Gasteiger partial charge in [0.05, 0.1) is 16.6 Å². The number of aromatic nitrogens is 2. The van der Waals surface area contributed by atoms with Crippen LogP contribution in [-0.4, -0.2) is 20.6 Å². The van der Waals surface area contributed by atoms with Crippen molar-refractivity contribution in [2.24, 2.45) is 5.92 Å². The first-order valence-electron chi connectivity index (χ1n) is 7.72. The lowest BCUT2D eigenvalue weighted by atomic mass is 10.1. The van der Waals surface area contributed by atoms with E-state index in [1.807, 2.05) is 6.07 Å². The Hall–Kier alpha value is -1.84. The summed E-state index contributed by atoms with van der Waals surface area (Å²) in [5.74, 6) is 1.34. The normalized spacial score (nSPS) is 16.6. The first kappa shape index (κ1) is 14.1. The fraction of sp³-hybridized carbons (Fsp3) is 0.529. The Bertz CT molecular complexity index is 683. The third-order valence-electron chi connectivity index (χ3n) is 4.29. The minimum atomic E-state index is -0.899. The zero-order valence-corrected chi connectivity index (χ0v) is 12.8. The van der Waals surface area contributed by atoms with Crippen LogP contribution in [0.4, 0.5) is 0 Å². The lowest BCUT2D eigenvalue weighted by molar-refractivity contribution is 0.0697. The second-order valence-electron chi connectivity index (χ2n) is 6.53. The second-order valence-corrected chi connectivity index (χ2v) is 6.53. The lowest BCUT2D eigenvalue weighted by Gasteiger charge is -2.19. The van der Waals surface area contributed by atoms with E-state index >= 15 is 0 Å². The van der Waals surface area contributed by atoms with E-state index in [9.17, 15) is 4.79 Å². The molecule has 0 bridgehead atoms. The monoisotopic (exact) mass is 286 g/mol. The number of nitrogens with zero attached hydrogens (tertiary/aromatic N) is 2. The summed E-state index contributed by atoms with van der Waals surface area (Å²) in [5, 5.41) is 9.13. The lowest BCUT2D eigenvalue weighted by Crippen LogP contribution is -2.11. The molecule has 1 fully saturated rings. The molecule has 1 atom stereocenters. The maximum Gasteiger partial charge on any atom is 0.335 e. The molecule has 2 aromatic rings. The van der Waals surface area contributed by atoms with Crippen LogP contribution in [0.3, 0.4) is 0 Å². The highest BCUT2D eigenvalue weighted by atomic mass is 16.4. The molecular weight excluding hydrogens is 264 g/mol. The van der Waals surface area contributed by atoms with Crippen LogP contribution in [0.2, 0.25) is 0 Å². The van der Waals surface area contributed by atoms with Crippen LogP contribution in [0.5, 0.6) is 0 Å². The smallest absolute Gasteiger partial charge is 0.335 e. The molecule has 1 unspecified atom stereocenters. The fourth-order valence-electron chi connectivity index (χ4n) is 3.06. The van der Waals surface area contributed by atoms with Crippen LogP contribution < -0.4 is 0 Å². The Morgan fingerprint density at radius 1 is 1.38 bits per heavy atom. The summed E-state index contributed by atoms with van der Waals surface area (Å²) >= 11 is 0. The Morgan fingerprint density at radius 3 is 2.67 bits per heavy atom. The van der Waals surface area contributed by atoms with Crippen molar-refractivity contribution in [1.82, 2.24) is 9.55 Å². The van der Waals surface area contributed by atoms with Gasteiger partial charge in [0.2, 0.25) is 0 Å². The number of aromatic carboxylic acids is 1. The van der Waals surface area contributed by atoms with Gasteiger partial charge in [-0.15, -0.1) is 0 Å². The van der Waals surface area contributed by atoms with Crippen LogP contribution in [0.25, 0.3) is 11.0 Å². The summed E-state index contributed by atoms with van der Waals surface area (Å²) in [5.41, 5.74) is 2.15. The van der Waals surface area contributed by atoms with Gasteiger partial charge in [-0.05, 0) is 37.5 Å². The van der Waals surface area contributed by atoms with Crippen molar-refractivity contribution in [3.05, 3.63) is 29.6 Å². The van der Waals surface area contributed by atoms with Crippen LogP contribution in [-0.2, 0) is 0 Å². The molecule has 1 heterocycles. The molecule has 0 spiro atoms. The Kier molecular flexibility index (Phi) is 3.47. The van der Waals surface area contributed by atoms with Crippen molar-refractivity contribution in [2.75, 3.05) is 0 Å². The molecule has 0 saturated heterocycles. The first-order chi connectivity index (χ1) is 9.97. The number of carboxylic acids is 1. The van der Waals surface area contributed by atoms with Gasteiger partial charge in [-0.25, -0.2) is 9.78 Å².